The molecule has 2 heteroatoms. The monoisotopic (exact) mass is 228 g/mol. The number of nitrogens with one attached hydrogen (secondary N) is 1. The highest BCUT2D eigenvalue weighted by atomic mass is 14.9. The van der Waals surface area contributed by atoms with Gasteiger partial charge in [-0.1, -0.05) is 44.5 Å². The Hall–Kier alpha value is -1.41. The Morgan fingerprint density at radius 3 is 2.76 bits per heavy atom. The molecule has 2 aromatic rings. The summed E-state index contributed by atoms with van der Waals surface area (Å²) in [5.74, 6) is 0. The molecule has 0 amide bonds. The van der Waals surface area contributed by atoms with Gasteiger partial charge in [0.05, 0.1) is 0 Å². The maximum absolute atomic E-state index is 4.36. The minimum atomic E-state index is 0.420. The van der Waals surface area contributed by atoms with Gasteiger partial charge in [-0.25, -0.2) is 0 Å². The smallest absolute Gasteiger partial charge is 0.0346 e. The number of pyridine rings is 1. The first-order chi connectivity index (χ1) is 8.36. The zero-order chi connectivity index (χ0) is 12.1. The van der Waals surface area contributed by atoms with Crippen LogP contribution < -0.4 is 5.32 Å². The van der Waals surface area contributed by atoms with Gasteiger partial charge >= 0.3 is 0 Å². The lowest BCUT2D eigenvalue weighted by Crippen LogP contribution is -2.21. The Kier molecular flexibility index (Phi) is 4.10. The van der Waals surface area contributed by atoms with Crippen LogP contribution in [-0.4, -0.2) is 11.5 Å². The Bertz CT molecular complexity index is 468. The second kappa shape index (κ2) is 5.78. The summed E-state index contributed by atoms with van der Waals surface area (Å²) in [5, 5.41) is 6.10. The van der Waals surface area contributed by atoms with E-state index in [9.17, 15) is 0 Å². The molecular weight excluding hydrogens is 208 g/mol. The standard InChI is InChI=1S/C15H20N2/c1-3-7-15(17-4-2)14-11-16-10-12-8-5-6-9-13(12)14/h5-6,8-11,15,17H,3-4,7H2,1-2H3. The van der Waals surface area contributed by atoms with E-state index in [0.717, 1.165) is 13.0 Å². The molecular formula is C15H20N2. The van der Waals surface area contributed by atoms with Crippen molar-refractivity contribution in [1.29, 1.82) is 0 Å². The van der Waals surface area contributed by atoms with Gasteiger partial charge < -0.3 is 5.32 Å². The van der Waals surface area contributed by atoms with Crippen LogP contribution in [0.2, 0.25) is 0 Å². The van der Waals surface area contributed by atoms with Crippen molar-refractivity contribution in [2.75, 3.05) is 6.54 Å². The molecule has 0 bridgehead atoms. The lowest BCUT2D eigenvalue weighted by molar-refractivity contribution is 0.511. The average Bonchev–Trinajstić information content (AvgIpc) is 2.38. The number of benzene rings is 1. The van der Waals surface area contributed by atoms with Gasteiger partial charge in [-0.15, -0.1) is 0 Å². The molecule has 90 valence electrons. The van der Waals surface area contributed by atoms with Gasteiger partial charge in [0, 0.05) is 23.8 Å². The van der Waals surface area contributed by atoms with Crippen LogP contribution in [0, 0.1) is 0 Å². The summed E-state index contributed by atoms with van der Waals surface area (Å²) in [5.41, 5.74) is 1.33. The van der Waals surface area contributed by atoms with Crippen molar-refractivity contribution >= 4 is 10.8 Å². The van der Waals surface area contributed by atoms with Gasteiger partial charge in [-0.05, 0) is 23.9 Å². The van der Waals surface area contributed by atoms with Gasteiger partial charge in [0.25, 0.3) is 0 Å². The van der Waals surface area contributed by atoms with Crippen molar-refractivity contribution in [3.8, 4) is 0 Å². The van der Waals surface area contributed by atoms with E-state index < -0.39 is 0 Å². The molecule has 1 heterocycles. The molecule has 0 radical (unpaired) electrons. The second-order valence-corrected chi connectivity index (χ2v) is 4.35. The third kappa shape index (κ3) is 2.64. The molecule has 17 heavy (non-hydrogen) atoms. The zero-order valence-corrected chi connectivity index (χ0v) is 10.6. The van der Waals surface area contributed by atoms with Crippen molar-refractivity contribution in [1.82, 2.24) is 10.3 Å². The van der Waals surface area contributed by atoms with E-state index in [-0.39, 0.29) is 0 Å². The maximum Gasteiger partial charge on any atom is 0.0346 e. The van der Waals surface area contributed by atoms with E-state index in [1.807, 2.05) is 12.4 Å². The highest BCUT2D eigenvalue weighted by Gasteiger charge is 2.12. The first-order valence-corrected chi connectivity index (χ1v) is 6.42. The Balaban J connectivity index is 2.44. The molecule has 2 nitrogen and oxygen atoms in total. The van der Waals surface area contributed by atoms with Crippen LogP contribution in [0.4, 0.5) is 0 Å². The number of fused-ring (bicyclic) bond motifs is 1. The number of hydrogen-bond donors (Lipinski definition) is 1. The summed E-state index contributed by atoms with van der Waals surface area (Å²) in [6, 6.07) is 8.90. The van der Waals surface area contributed by atoms with Crippen molar-refractivity contribution in [2.24, 2.45) is 0 Å². The topological polar surface area (TPSA) is 24.9 Å². The van der Waals surface area contributed by atoms with Crippen molar-refractivity contribution < 1.29 is 0 Å². The number of nitrogens with zero attached hydrogens (tertiary/aromatic N) is 1. The van der Waals surface area contributed by atoms with Gasteiger partial charge in [0.1, 0.15) is 0 Å². The molecule has 0 saturated heterocycles. The zero-order valence-electron chi connectivity index (χ0n) is 10.6. The van der Waals surface area contributed by atoms with E-state index in [4.69, 9.17) is 0 Å². The molecule has 1 N–H and O–H groups in total. The van der Waals surface area contributed by atoms with Crippen molar-refractivity contribution in [3.05, 3.63) is 42.2 Å². The molecule has 0 saturated carbocycles. The van der Waals surface area contributed by atoms with Gasteiger partial charge in [0.2, 0.25) is 0 Å². The lowest BCUT2D eigenvalue weighted by atomic mass is 9.98. The molecule has 1 unspecified atom stereocenters. The van der Waals surface area contributed by atoms with Crippen molar-refractivity contribution in [2.45, 2.75) is 32.7 Å². The molecule has 1 aromatic carbocycles. The lowest BCUT2D eigenvalue weighted by Gasteiger charge is -2.19. The van der Waals surface area contributed by atoms with Gasteiger partial charge in [-0.3, -0.25) is 4.98 Å². The Morgan fingerprint density at radius 2 is 2.00 bits per heavy atom. The molecule has 1 aromatic heterocycles. The minimum Gasteiger partial charge on any atom is -0.310 e. The second-order valence-electron chi connectivity index (χ2n) is 4.35. The summed E-state index contributed by atoms with van der Waals surface area (Å²) >= 11 is 0. The van der Waals surface area contributed by atoms with E-state index in [0.29, 0.717) is 6.04 Å². The van der Waals surface area contributed by atoms with E-state index in [1.165, 1.54) is 22.8 Å². The third-order valence-electron chi connectivity index (χ3n) is 3.10. The van der Waals surface area contributed by atoms with Gasteiger partial charge in [-0.2, -0.15) is 0 Å². The van der Waals surface area contributed by atoms with E-state index in [1.54, 1.807) is 0 Å². The normalized spacial score (nSPS) is 12.8. The summed E-state index contributed by atoms with van der Waals surface area (Å²) in [7, 11) is 0. The van der Waals surface area contributed by atoms with Crippen molar-refractivity contribution in [3.63, 3.8) is 0 Å². The molecule has 0 spiro atoms. The average molecular weight is 228 g/mol. The van der Waals surface area contributed by atoms with Crippen LogP contribution in [0.5, 0.6) is 0 Å². The predicted octanol–water partition coefficient (Wildman–Crippen LogP) is 3.69. The van der Waals surface area contributed by atoms with Crippen LogP contribution in [0.25, 0.3) is 10.8 Å². The molecule has 0 aliphatic carbocycles. The summed E-state index contributed by atoms with van der Waals surface area (Å²) in [6.45, 7) is 5.37. The molecule has 1 atom stereocenters. The highest BCUT2D eigenvalue weighted by Crippen LogP contribution is 2.25. The number of rotatable bonds is 5. The largest absolute Gasteiger partial charge is 0.310 e. The summed E-state index contributed by atoms with van der Waals surface area (Å²) in [6.07, 6.45) is 6.28. The quantitative estimate of drug-likeness (QED) is 0.844. The predicted molar refractivity (Wildman–Crippen MR) is 73.1 cm³/mol. The fourth-order valence-electron chi connectivity index (χ4n) is 2.32. The molecule has 0 fully saturated rings. The number of aromatic nitrogens is 1. The number of hydrogen-bond acceptors (Lipinski definition) is 2. The van der Waals surface area contributed by atoms with E-state index >= 15 is 0 Å². The molecule has 0 aliphatic rings. The Labute approximate surface area is 103 Å². The summed E-state index contributed by atoms with van der Waals surface area (Å²) < 4.78 is 0. The van der Waals surface area contributed by atoms with E-state index in [2.05, 4.69) is 48.4 Å². The maximum atomic E-state index is 4.36. The highest BCUT2D eigenvalue weighted by molar-refractivity contribution is 5.85. The van der Waals surface area contributed by atoms with Crippen LogP contribution in [0.3, 0.4) is 0 Å². The Morgan fingerprint density at radius 1 is 1.18 bits per heavy atom. The third-order valence-corrected chi connectivity index (χ3v) is 3.10. The summed E-state index contributed by atoms with van der Waals surface area (Å²) in [4.78, 5) is 4.36. The van der Waals surface area contributed by atoms with Crippen LogP contribution in [0.15, 0.2) is 36.7 Å². The molecule has 2 rings (SSSR count). The first-order valence-electron chi connectivity index (χ1n) is 6.42. The fourth-order valence-corrected chi connectivity index (χ4v) is 2.32. The van der Waals surface area contributed by atoms with Crippen LogP contribution >= 0.6 is 0 Å². The first kappa shape index (κ1) is 12.1. The van der Waals surface area contributed by atoms with Gasteiger partial charge in [0.15, 0.2) is 0 Å². The molecule has 0 aliphatic heterocycles. The SMILES string of the molecule is CCCC(NCC)c1cncc2ccccc12. The minimum absolute atomic E-state index is 0.420. The fraction of sp³-hybridized carbons (Fsp3) is 0.400. The van der Waals surface area contributed by atoms with Crippen LogP contribution in [-0.2, 0) is 0 Å². The van der Waals surface area contributed by atoms with Crippen LogP contribution in [0.1, 0.15) is 38.3 Å².